The van der Waals surface area contributed by atoms with Crippen molar-refractivity contribution < 1.29 is 0 Å². The highest BCUT2D eigenvalue weighted by Gasteiger charge is 2.13. The molecule has 0 amide bonds. The maximum Gasteiger partial charge on any atom is 0.151 e. The van der Waals surface area contributed by atoms with Crippen molar-refractivity contribution in [2.45, 2.75) is 0 Å². The van der Waals surface area contributed by atoms with Gasteiger partial charge >= 0.3 is 0 Å². The Labute approximate surface area is 168 Å². The van der Waals surface area contributed by atoms with E-state index in [0.717, 1.165) is 28.1 Å². The zero-order chi connectivity index (χ0) is 17.4. The predicted octanol–water partition coefficient (Wildman–Crippen LogP) is 6.35. The van der Waals surface area contributed by atoms with Crippen molar-refractivity contribution in [1.29, 1.82) is 0 Å². The van der Waals surface area contributed by atoms with Crippen LogP contribution < -0.4 is 5.32 Å². The molecular formula is C18H11Cl2IN4. The molecule has 0 bridgehead atoms. The second-order valence-corrected chi connectivity index (χ2v) is 7.20. The molecule has 2 aromatic heterocycles. The summed E-state index contributed by atoms with van der Waals surface area (Å²) in [6.45, 7) is 0. The largest absolute Gasteiger partial charge is 0.339 e. The number of nitrogens with one attached hydrogen (secondary N) is 1. The summed E-state index contributed by atoms with van der Waals surface area (Å²) in [5.74, 6) is 1.40. The summed E-state index contributed by atoms with van der Waals surface area (Å²) in [6, 6.07) is 17.2. The van der Waals surface area contributed by atoms with Crippen molar-refractivity contribution in [3.63, 3.8) is 0 Å². The van der Waals surface area contributed by atoms with Gasteiger partial charge in [-0.05, 0) is 42.5 Å². The molecule has 25 heavy (non-hydrogen) atoms. The number of hydrogen-bond acceptors (Lipinski definition) is 3. The molecular weight excluding hydrogens is 470 g/mol. The number of hydrogen-bond donors (Lipinski definition) is 1. The van der Waals surface area contributed by atoms with E-state index < -0.39 is 0 Å². The number of para-hydroxylation sites is 2. The Morgan fingerprint density at radius 3 is 2.48 bits per heavy atom. The van der Waals surface area contributed by atoms with Gasteiger partial charge in [-0.2, -0.15) is 0 Å². The zero-order valence-corrected chi connectivity index (χ0v) is 16.4. The van der Waals surface area contributed by atoms with Crippen molar-refractivity contribution in [3.05, 3.63) is 70.8 Å². The third kappa shape index (κ3) is 3.31. The molecule has 4 rings (SSSR count). The Hall–Kier alpha value is -1.83. The van der Waals surface area contributed by atoms with Crippen LogP contribution in [0.25, 0.3) is 22.4 Å². The van der Waals surface area contributed by atoms with Gasteiger partial charge in [-0.3, -0.25) is 2.78 Å². The van der Waals surface area contributed by atoms with Gasteiger partial charge in [-0.25, -0.2) is 9.97 Å². The number of imidazole rings is 1. The highest BCUT2D eigenvalue weighted by Crippen LogP contribution is 2.31. The van der Waals surface area contributed by atoms with E-state index >= 15 is 0 Å². The molecule has 124 valence electrons. The van der Waals surface area contributed by atoms with E-state index in [2.05, 4.69) is 38.1 Å². The average molecular weight is 481 g/mol. The molecule has 0 saturated heterocycles. The van der Waals surface area contributed by atoms with E-state index in [1.807, 2.05) is 57.4 Å². The number of fused-ring (bicyclic) bond motifs is 1. The highest BCUT2D eigenvalue weighted by atomic mass is 127. The van der Waals surface area contributed by atoms with E-state index in [9.17, 15) is 0 Å². The fraction of sp³-hybridized carbons (Fsp3) is 0. The molecule has 0 atom stereocenters. The predicted molar refractivity (Wildman–Crippen MR) is 112 cm³/mol. The second kappa shape index (κ2) is 6.82. The lowest BCUT2D eigenvalue weighted by atomic mass is 10.2. The van der Waals surface area contributed by atoms with E-state index in [-0.39, 0.29) is 0 Å². The standard InChI is InChI=1S/C18H11Cl2IN4/c19-12-5-7-13(8-6-12)23-17-14(20)9-11(10-22-17)18-24-15-3-1-2-4-16(15)25(18)21/h1-10H,(H,22,23). The summed E-state index contributed by atoms with van der Waals surface area (Å²) in [6.07, 6.45) is 1.76. The van der Waals surface area contributed by atoms with Crippen LogP contribution in [0.4, 0.5) is 11.5 Å². The second-order valence-electron chi connectivity index (χ2n) is 5.39. The smallest absolute Gasteiger partial charge is 0.151 e. The summed E-state index contributed by atoms with van der Waals surface area (Å²) < 4.78 is 2.01. The number of benzene rings is 2. The molecule has 2 heterocycles. The van der Waals surface area contributed by atoms with Crippen LogP contribution in [0.2, 0.25) is 10.0 Å². The van der Waals surface area contributed by atoms with Crippen LogP contribution in [0.1, 0.15) is 0 Å². The monoisotopic (exact) mass is 480 g/mol. The van der Waals surface area contributed by atoms with Crippen LogP contribution in [-0.2, 0) is 0 Å². The lowest BCUT2D eigenvalue weighted by Gasteiger charge is -2.09. The molecule has 0 fully saturated rings. The van der Waals surface area contributed by atoms with Gasteiger partial charge in [0.05, 0.1) is 38.9 Å². The number of anilines is 2. The van der Waals surface area contributed by atoms with Gasteiger partial charge in [-0.15, -0.1) is 0 Å². The summed E-state index contributed by atoms with van der Waals surface area (Å²) in [4.78, 5) is 9.12. The van der Waals surface area contributed by atoms with Crippen LogP contribution in [-0.4, -0.2) is 12.7 Å². The summed E-state index contributed by atoms with van der Waals surface area (Å²) in [5, 5.41) is 4.39. The normalized spacial score (nSPS) is 11.0. The van der Waals surface area contributed by atoms with E-state index in [1.165, 1.54) is 0 Å². The SMILES string of the molecule is Clc1ccc(Nc2ncc(-c3nc4ccccc4n3I)cc2Cl)cc1. The number of aromatic nitrogens is 3. The number of halogens is 3. The molecule has 0 saturated carbocycles. The molecule has 0 radical (unpaired) electrons. The third-order valence-corrected chi connectivity index (χ3v) is 5.23. The average Bonchev–Trinajstić information content (AvgIpc) is 2.96. The summed E-state index contributed by atoms with van der Waals surface area (Å²) in [7, 11) is 0. The maximum atomic E-state index is 6.42. The molecule has 0 aliphatic rings. The molecule has 0 aliphatic heterocycles. The van der Waals surface area contributed by atoms with E-state index in [4.69, 9.17) is 23.2 Å². The van der Waals surface area contributed by atoms with Crippen LogP contribution in [0.5, 0.6) is 0 Å². The van der Waals surface area contributed by atoms with E-state index in [0.29, 0.717) is 15.9 Å². The quantitative estimate of drug-likeness (QED) is 0.347. The molecule has 0 unspecified atom stereocenters. The minimum atomic E-state index is 0.524. The number of pyridine rings is 1. The van der Waals surface area contributed by atoms with E-state index in [1.54, 1.807) is 6.20 Å². The van der Waals surface area contributed by atoms with Crippen molar-refractivity contribution >= 4 is 68.6 Å². The molecule has 2 aromatic carbocycles. The van der Waals surface area contributed by atoms with Gasteiger partial charge in [0, 0.05) is 22.5 Å². The Balaban J connectivity index is 1.69. The van der Waals surface area contributed by atoms with Crippen molar-refractivity contribution in [2.75, 3.05) is 5.32 Å². The Kier molecular flexibility index (Phi) is 4.54. The van der Waals surface area contributed by atoms with Crippen LogP contribution in [0.3, 0.4) is 0 Å². The van der Waals surface area contributed by atoms with Crippen molar-refractivity contribution in [3.8, 4) is 11.4 Å². The molecule has 0 spiro atoms. The first-order valence-corrected chi connectivity index (χ1v) is 9.16. The maximum absolute atomic E-state index is 6.42. The van der Waals surface area contributed by atoms with Crippen LogP contribution in [0, 0.1) is 0 Å². The number of nitrogens with zero attached hydrogens (tertiary/aromatic N) is 3. The highest BCUT2D eigenvalue weighted by molar-refractivity contribution is 14.1. The Morgan fingerprint density at radius 2 is 1.76 bits per heavy atom. The first kappa shape index (κ1) is 16.6. The fourth-order valence-corrected chi connectivity index (χ4v) is 3.63. The fourth-order valence-electron chi connectivity index (χ4n) is 2.50. The molecule has 4 nitrogen and oxygen atoms in total. The lowest BCUT2D eigenvalue weighted by Crippen LogP contribution is -1.96. The molecule has 0 aliphatic carbocycles. The van der Waals surface area contributed by atoms with Gasteiger partial charge in [-0.1, -0.05) is 35.3 Å². The molecule has 7 heteroatoms. The van der Waals surface area contributed by atoms with Gasteiger partial charge < -0.3 is 5.32 Å². The summed E-state index contributed by atoms with van der Waals surface area (Å²) >= 11 is 14.6. The van der Waals surface area contributed by atoms with Gasteiger partial charge in [0.1, 0.15) is 5.82 Å². The van der Waals surface area contributed by atoms with Gasteiger partial charge in [0.15, 0.2) is 5.82 Å². The zero-order valence-electron chi connectivity index (χ0n) is 12.7. The first-order chi connectivity index (χ1) is 12.1. The minimum absolute atomic E-state index is 0.524. The Bertz CT molecular complexity index is 1060. The molecule has 1 N–H and O–H groups in total. The minimum Gasteiger partial charge on any atom is -0.339 e. The topological polar surface area (TPSA) is 42.7 Å². The third-order valence-electron chi connectivity index (χ3n) is 3.71. The van der Waals surface area contributed by atoms with Crippen molar-refractivity contribution in [1.82, 2.24) is 12.7 Å². The first-order valence-electron chi connectivity index (χ1n) is 7.44. The van der Waals surface area contributed by atoms with Crippen LogP contribution >= 0.6 is 46.1 Å². The Morgan fingerprint density at radius 1 is 1.00 bits per heavy atom. The summed E-state index contributed by atoms with van der Waals surface area (Å²) in [5.41, 5.74) is 3.72. The lowest BCUT2D eigenvalue weighted by molar-refractivity contribution is 1.25. The van der Waals surface area contributed by atoms with Gasteiger partial charge in [0.2, 0.25) is 0 Å². The number of rotatable bonds is 3. The molecule has 4 aromatic rings. The van der Waals surface area contributed by atoms with Crippen LogP contribution in [0.15, 0.2) is 60.8 Å². The van der Waals surface area contributed by atoms with Gasteiger partial charge in [0.25, 0.3) is 0 Å². The van der Waals surface area contributed by atoms with Crippen molar-refractivity contribution in [2.24, 2.45) is 0 Å².